The Hall–Kier alpha value is -2.37. The second-order valence-corrected chi connectivity index (χ2v) is 5.11. The van der Waals surface area contributed by atoms with Crippen LogP contribution in [0.4, 0.5) is 0 Å². The summed E-state index contributed by atoms with van der Waals surface area (Å²) < 4.78 is 5.25. The van der Waals surface area contributed by atoms with Gasteiger partial charge in [-0.25, -0.2) is 0 Å². The maximum Gasteiger partial charge on any atom is 0.257 e. The molecule has 0 saturated heterocycles. The molecule has 2 aromatic rings. The van der Waals surface area contributed by atoms with Gasteiger partial charge in [0.05, 0.1) is 0 Å². The van der Waals surface area contributed by atoms with Crippen LogP contribution in [-0.2, 0) is 12.8 Å². The molecule has 1 aromatic heterocycles. The number of nitrogens with one attached hydrogen (secondary N) is 2. The minimum Gasteiger partial charge on any atom is -0.357 e. The van der Waals surface area contributed by atoms with E-state index in [1.54, 1.807) is 0 Å². The third kappa shape index (κ3) is 5.09. The van der Waals surface area contributed by atoms with Gasteiger partial charge in [0.2, 0.25) is 0 Å². The van der Waals surface area contributed by atoms with E-state index in [2.05, 4.69) is 51.7 Å². The third-order valence-electron chi connectivity index (χ3n) is 3.34. The molecule has 124 valence electrons. The number of guanidine groups is 1. The fourth-order valence-corrected chi connectivity index (χ4v) is 2.13. The normalized spacial score (nSPS) is 10.4. The van der Waals surface area contributed by atoms with Gasteiger partial charge in [0.1, 0.15) is 0 Å². The van der Waals surface area contributed by atoms with Gasteiger partial charge in [-0.05, 0) is 38.0 Å². The number of aromatic nitrogens is 2. The molecule has 1 heterocycles. The molecule has 0 bridgehead atoms. The van der Waals surface area contributed by atoms with E-state index < -0.39 is 0 Å². The molecule has 0 aliphatic heterocycles. The van der Waals surface area contributed by atoms with Gasteiger partial charge in [-0.1, -0.05) is 24.2 Å². The first-order chi connectivity index (χ1) is 11.3. The van der Waals surface area contributed by atoms with Crippen LogP contribution in [0.25, 0.3) is 11.5 Å². The zero-order valence-electron chi connectivity index (χ0n) is 14.1. The van der Waals surface area contributed by atoms with Crippen LogP contribution in [0.1, 0.15) is 32.2 Å². The lowest BCUT2D eigenvalue weighted by Crippen LogP contribution is -2.37. The van der Waals surface area contributed by atoms with Crippen molar-refractivity contribution in [1.29, 1.82) is 0 Å². The van der Waals surface area contributed by atoms with Crippen molar-refractivity contribution < 1.29 is 4.52 Å². The lowest BCUT2D eigenvalue weighted by molar-refractivity contribution is 0.423. The number of aryl methyl sites for hydroxylation is 1. The van der Waals surface area contributed by atoms with Crippen LogP contribution in [0, 0.1) is 0 Å². The van der Waals surface area contributed by atoms with E-state index in [0.717, 1.165) is 49.8 Å². The van der Waals surface area contributed by atoms with Crippen molar-refractivity contribution in [3.05, 3.63) is 35.7 Å². The first-order valence-corrected chi connectivity index (χ1v) is 8.20. The molecule has 0 fully saturated rings. The number of benzene rings is 1. The highest BCUT2D eigenvalue weighted by Crippen LogP contribution is 2.18. The monoisotopic (exact) mass is 315 g/mol. The number of hydrogen-bond donors (Lipinski definition) is 2. The van der Waals surface area contributed by atoms with E-state index in [-0.39, 0.29) is 0 Å². The SMILES string of the molecule is CCNC(=NCCc1ccc(-c2nc(CC)no2)cc1)NCC. The van der Waals surface area contributed by atoms with Crippen LogP contribution < -0.4 is 10.6 Å². The Kier molecular flexibility index (Phi) is 6.59. The predicted octanol–water partition coefficient (Wildman–Crippen LogP) is 2.42. The Morgan fingerprint density at radius 3 is 2.35 bits per heavy atom. The molecule has 6 nitrogen and oxygen atoms in total. The van der Waals surface area contributed by atoms with Gasteiger partial charge in [-0.15, -0.1) is 0 Å². The number of nitrogens with zero attached hydrogens (tertiary/aromatic N) is 3. The molecule has 23 heavy (non-hydrogen) atoms. The van der Waals surface area contributed by atoms with E-state index in [1.165, 1.54) is 5.56 Å². The molecule has 0 aliphatic rings. The molecule has 0 saturated carbocycles. The highest BCUT2D eigenvalue weighted by atomic mass is 16.5. The standard InChI is InChI=1S/C17H25N5O/c1-4-15-21-16(23-22-15)14-9-7-13(8-10-14)11-12-20-17(18-5-2)19-6-3/h7-10H,4-6,11-12H2,1-3H3,(H2,18,19,20). The van der Waals surface area contributed by atoms with Crippen molar-refractivity contribution in [2.24, 2.45) is 4.99 Å². The Morgan fingerprint density at radius 1 is 1.09 bits per heavy atom. The largest absolute Gasteiger partial charge is 0.357 e. The average Bonchev–Trinajstić information content (AvgIpc) is 3.05. The predicted molar refractivity (Wildman–Crippen MR) is 92.5 cm³/mol. The maximum atomic E-state index is 5.25. The Morgan fingerprint density at radius 2 is 1.78 bits per heavy atom. The minimum absolute atomic E-state index is 0.577. The number of hydrogen-bond acceptors (Lipinski definition) is 4. The Bertz CT molecular complexity index is 610. The summed E-state index contributed by atoms with van der Waals surface area (Å²) in [6.07, 6.45) is 1.67. The Labute approximate surface area is 137 Å². The topological polar surface area (TPSA) is 75.3 Å². The second-order valence-electron chi connectivity index (χ2n) is 5.11. The molecule has 0 unspecified atom stereocenters. The van der Waals surface area contributed by atoms with Crippen molar-refractivity contribution in [2.45, 2.75) is 33.6 Å². The third-order valence-corrected chi connectivity index (χ3v) is 3.34. The van der Waals surface area contributed by atoms with Gasteiger partial charge in [0, 0.05) is 31.6 Å². The molecule has 0 spiro atoms. The molecule has 2 N–H and O–H groups in total. The van der Waals surface area contributed by atoms with Gasteiger partial charge in [0.25, 0.3) is 5.89 Å². The molecule has 0 amide bonds. The molecule has 0 aliphatic carbocycles. The van der Waals surface area contributed by atoms with Crippen molar-refractivity contribution in [3.8, 4) is 11.5 Å². The zero-order chi connectivity index (χ0) is 16.5. The molecular weight excluding hydrogens is 290 g/mol. The summed E-state index contributed by atoms with van der Waals surface area (Å²) in [6.45, 7) is 8.61. The van der Waals surface area contributed by atoms with Crippen LogP contribution in [0.5, 0.6) is 0 Å². The molecule has 0 radical (unpaired) electrons. The van der Waals surface area contributed by atoms with Crippen molar-refractivity contribution in [1.82, 2.24) is 20.8 Å². The van der Waals surface area contributed by atoms with E-state index >= 15 is 0 Å². The second kappa shape index (κ2) is 8.92. The minimum atomic E-state index is 0.577. The zero-order valence-corrected chi connectivity index (χ0v) is 14.1. The van der Waals surface area contributed by atoms with Crippen LogP contribution in [0.2, 0.25) is 0 Å². The van der Waals surface area contributed by atoms with Gasteiger partial charge < -0.3 is 15.2 Å². The van der Waals surface area contributed by atoms with Gasteiger partial charge in [-0.3, -0.25) is 4.99 Å². The van der Waals surface area contributed by atoms with E-state index in [1.807, 2.05) is 19.1 Å². The van der Waals surface area contributed by atoms with Gasteiger partial charge >= 0.3 is 0 Å². The maximum absolute atomic E-state index is 5.25. The summed E-state index contributed by atoms with van der Waals surface area (Å²) in [5.41, 5.74) is 2.19. The van der Waals surface area contributed by atoms with Crippen LogP contribution in [0.15, 0.2) is 33.8 Å². The molecule has 1 aromatic carbocycles. The highest BCUT2D eigenvalue weighted by molar-refractivity contribution is 5.79. The fourth-order valence-electron chi connectivity index (χ4n) is 2.13. The van der Waals surface area contributed by atoms with E-state index in [0.29, 0.717) is 5.89 Å². The summed E-state index contributed by atoms with van der Waals surface area (Å²) in [5.74, 6) is 2.18. The first kappa shape index (κ1) is 17.0. The average molecular weight is 315 g/mol. The first-order valence-electron chi connectivity index (χ1n) is 8.20. The molecular formula is C17H25N5O. The summed E-state index contributed by atoms with van der Waals surface area (Å²) in [6, 6.07) is 8.20. The van der Waals surface area contributed by atoms with E-state index in [9.17, 15) is 0 Å². The lowest BCUT2D eigenvalue weighted by atomic mass is 10.1. The summed E-state index contributed by atoms with van der Waals surface area (Å²) >= 11 is 0. The lowest BCUT2D eigenvalue weighted by Gasteiger charge is -2.09. The summed E-state index contributed by atoms with van der Waals surface area (Å²) in [4.78, 5) is 8.89. The molecule has 6 heteroatoms. The summed E-state index contributed by atoms with van der Waals surface area (Å²) in [7, 11) is 0. The fraction of sp³-hybridized carbons (Fsp3) is 0.471. The highest BCUT2D eigenvalue weighted by Gasteiger charge is 2.07. The number of aliphatic imine (C=N–C) groups is 1. The van der Waals surface area contributed by atoms with Gasteiger partial charge in [-0.2, -0.15) is 4.98 Å². The van der Waals surface area contributed by atoms with Crippen molar-refractivity contribution in [2.75, 3.05) is 19.6 Å². The molecule has 2 rings (SSSR count). The quantitative estimate of drug-likeness (QED) is 0.606. The Balaban J connectivity index is 1.93. The van der Waals surface area contributed by atoms with Crippen LogP contribution in [-0.4, -0.2) is 35.7 Å². The molecule has 0 atom stereocenters. The smallest absolute Gasteiger partial charge is 0.257 e. The van der Waals surface area contributed by atoms with Crippen LogP contribution in [0.3, 0.4) is 0 Å². The van der Waals surface area contributed by atoms with Gasteiger partial charge in [0.15, 0.2) is 11.8 Å². The van der Waals surface area contributed by atoms with Crippen LogP contribution >= 0.6 is 0 Å². The number of rotatable bonds is 7. The summed E-state index contributed by atoms with van der Waals surface area (Å²) in [5, 5.41) is 10.4. The van der Waals surface area contributed by atoms with E-state index in [4.69, 9.17) is 4.52 Å². The van der Waals surface area contributed by atoms with Crippen molar-refractivity contribution in [3.63, 3.8) is 0 Å². The van der Waals surface area contributed by atoms with Crippen molar-refractivity contribution >= 4 is 5.96 Å².